The van der Waals surface area contributed by atoms with Gasteiger partial charge in [-0.2, -0.15) is 0 Å². The van der Waals surface area contributed by atoms with Gasteiger partial charge in [0, 0.05) is 84.7 Å². The second-order valence-corrected chi connectivity index (χ2v) is 30.5. The molecule has 578 valence electrons. The predicted molar refractivity (Wildman–Crippen MR) is 423 cm³/mol. The minimum Gasteiger partial charge on any atom is -0.390 e. The van der Waals surface area contributed by atoms with Gasteiger partial charge in [0.15, 0.2) is 0 Å². The Morgan fingerprint density at radius 2 is 0.433 bits per heavy atom. The highest BCUT2D eigenvalue weighted by Crippen LogP contribution is 2.18. The lowest BCUT2D eigenvalue weighted by molar-refractivity contribution is -0.122. The number of aliphatic hydroxyl groups is 2. The number of nitrogens with zero attached hydrogens (tertiary/aromatic N) is 3. The highest BCUT2D eigenvalue weighted by Gasteiger charge is 2.19. The Bertz CT molecular complexity index is 1580. The molecule has 0 fully saturated rings. The van der Waals surface area contributed by atoms with E-state index in [1.54, 1.807) is 0 Å². The standard InChI is InChI=1S/C85H173N7O5/c1-6-11-16-21-26-31-36-39-44-49-54-59-69-89-85(97)66-76-92(75-65-84(96)88-68-58-53-48-43-35-30-25-20-15-10-5)80-82(94)79-91(72-61-56-51-46-41-38-33-28-23-18-13-8-3)74-63-62-73-90(71-60-55-50-45-40-37-32-27-22-17-12-7-2)78-81(93)77-86-70-64-83(95)87-67-57-52-47-42-34-29-24-19-14-9-4/h81-82,86,93-94H,6-80H2,1-5H3,(H,87,95)(H,88,96)(H,89,97). The van der Waals surface area contributed by atoms with Crippen LogP contribution in [0.5, 0.6) is 0 Å². The Kier molecular flexibility index (Phi) is 78.4. The maximum Gasteiger partial charge on any atom is 0.221 e. The van der Waals surface area contributed by atoms with Gasteiger partial charge in [0.05, 0.1) is 12.2 Å². The maximum atomic E-state index is 13.3. The van der Waals surface area contributed by atoms with Crippen molar-refractivity contribution >= 4 is 17.7 Å². The number of amides is 3. The molecule has 0 aliphatic rings. The monoisotopic (exact) mass is 1370 g/mol. The lowest BCUT2D eigenvalue weighted by Crippen LogP contribution is -2.43. The van der Waals surface area contributed by atoms with Crippen molar-refractivity contribution in [2.75, 3.05) is 91.6 Å². The summed E-state index contributed by atoms with van der Waals surface area (Å²) in [4.78, 5) is 46.5. The minimum atomic E-state index is -0.600. The van der Waals surface area contributed by atoms with Crippen molar-refractivity contribution in [2.45, 2.75) is 438 Å². The van der Waals surface area contributed by atoms with Gasteiger partial charge in [-0.3, -0.25) is 19.3 Å². The first-order valence-corrected chi connectivity index (χ1v) is 43.7. The van der Waals surface area contributed by atoms with E-state index in [0.29, 0.717) is 78.2 Å². The molecule has 12 nitrogen and oxygen atoms in total. The fourth-order valence-electron chi connectivity index (χ4n) is 14.1. The van der Waals surface area contributed by atoms with Crippen molar-refractivity contribution in [2.24, 2.45) is 0 Å². The SMILES string of the molecule is CCCCCCCCCCCCCCNC(=O)CCN(CCC(=O)NCCCCCCCCCCCC)CC(O)CN(CCCCCCCCCCCCCC)CCCCN(CCCCCCCCCCCCCC)CC(O)CNCCC(=O)NCCCCCCCCCCCC. The molecule has 6 N–H and O–H groups in total. The molecular formula is C85H173N7O5. The van der Waals surface area contributed by atoms with E-state index in [-0.39, 0.29) is 17.7 Å². The number of carbonyl (C=O) groups is 3. The molecular weight excluding hydrogens is 1200 g/mol. The van der Waals surface area contributed by atoms with Crippen LogP contribution < -0.4 is 21.3 Å². The van der Waals surface area contributed by atoms with E-state index in [1.165, 1.54) is 315 Å². The number of hydrogen-bond donors (Lipinski definition) is 6. The van der Waals surface area contributed by atoms with Crippen molar-refractivity contribution < 1.29 is 24.6 Å². The molecule has 0 aromatic carbocycles. The van der Waals surface area contributed by atoms with Crippen LogP contribution in [0, 0.1) is 0 Å². The zero-order chi connectivity index (χ0) is 70.5. The first-order chi connectivity index (χ1) is 47.7. The van der Waals surface area contributed by atoms with Gasteiger partial charge in [-0.05, 0) is 71.1 Å². The van der Waals surface area contributed by atoms with Crippen molar-refractivity contribution in [3.8, 4) is 0 Å². The molecule has 0 rings (SSSR count). The number of aliphatic hydroxyl groups excluding tert-OH is 2. The topological polar surface area (TPSA) is 150 Å². The van der Waals surface area contributed by atoms with E-state index in [0.717, 1.165) is 90.5 Å². The second kappa shape index (κ2) is 79.9. The average Bonchev–Trinajstić information content (AvgIpc) is 2.81. The van der Waals surface area contributed by atoms with Gasteiger partial charge < -0.3 is 41.3 Å². The van der Waals surface area contributed by atoms with Crippen LogP contribution in [0.25, 0.3) is 0 Å². The van der Waals surface area contributed by atoms with E-state index in [2.05, 4.69) is 70.6 Å². The molecule has 0 radical (unpaired) electrons. The quantitative estimate of drug-likeness (QED) is 0.0327. The number of unbranched alkanes of at least 4 members (excludes halogenated alkanes) is 52. The zero-order valence-corrected chi connectivity index (χ0v) is 66.1. The van der Waals surface area contributed by atoms with Gasteiger partial charge in [-0.1, -0.05) is 362 Å². The summed E-state index contributed by atoms with van der Waals surface area (Å²) in [6.07, 6.45) is 74.9. The Balaban J connectivity index is 5.77. The van der Waals surface area contributed by atoms with Crippen molar-refractivity contribution in [1.29, 1.82) is 0 Å². The number of carbonyl (C=O) groups excluding carboxylic acids is 3. The summed E-state index contributed by atoms with van der Waals surface area (Å²) in [5.41, 5.74) is 0. The lowest BCUT2D eigenvalue weighted by atomic mass is 10.1. The predicted octanol–water partition coefficient (Wildman–Crippen LogP) is 21.4. The third-order valence-corrected chi connectivity index (χ3v) is 20.5. The Labute approximate surface area is 605 Å². The third-order valence-electron chi connectivity index (χ3n) is 20.5. The molecule has 0 aromatic heterocycles. The molecule has 12 heteroatoms. The molecule has 3 amide bonds. The molecule has 0 heterocycles. The lowest BCUT2D eigenvalue weighted by Gasteiger charge is -2.30. The van der Waals surface area contributed by atoms with Crippen LogP contribution in [0.15, 0.2) is 0 Å². The molecule has 0 bridgehead atoms. The van der Waals surface area contributed by atoms with Crippen LogP contribution >= 0.6 is 0 Å². The normalized spacial score (nSPS) is 12.4. The number of rotatable bonds is 83. The second-order valence-electron chi connectivity index (χ2n) is 30.5. The van der Waals surface area contributed by atoms with Crippen molar-refractivity contribution in [3.05, 3.63) is 0 Å². The average molecular weight is 1370 g/mol. The molecule has 2 unspecified atom stereocenters. The fraction of sp³-hybridized carbons (Fsp3) is 0.965. The van der Waals surface area contributed by atoms with E-state index in [4.69, 9.17) is 0 Å². The largest absolute Gasteiger partial charge is 0.390 e. The van der Waals surface area contributed by atoms with Crippen LogP contribution in [0.1, 0.15) is 426 Å². The van der Waals surface area contributed by atoms with Gasteiger partial charge >= 0.3 is 0 Å². The van der Waals surface area contributed by atoms with Gasteiger partial charge in [-0.25, -0.2) is 0 Å². The van der Waals surface area contributed by atoms with Gasteiger partial charge in [0.25, 0.3) is 0 Å². The van der Waals surface area contributed by atoms with E-state index in [9.17, 15) is 24.6 Å². The smallest absolute Gasteiger partial charge is 0.221 e. The van der Waals surface area contributed by atoms with Crippen LogP contribution in [-0.4, -0.2) is 146 Å². The van der Waals surface area contributed by atoms with E-state index < -0.39 is 12.2 Å². The molecule has 0 saturated heterocycles. The van der Waals surface area contributed by atoms with E-state index >= 15 is 0 Å². The van der Waals surface area contributed by atoms with Crippen LogP contribution in [0.4, 0.5) is 0 Å². The third kappa shape index (κ3) is 75.2. The molecule has 0 spiro atoms. The summed E-state index contributed by atoms with van der Waals surface area (Å²) in [6, 6.07) is 0. The number of hydrogen-bond acceptors (Lipinski definition) is 9. The highest BCUT2D eigenvalue weighted by atomic mass is 16.3. The fourth-order valence-corrected chi connectivity index (χ4v) is 14.1. The summed E-state index contributed by atoms with van der Waals surface area (Å²) < 4.78 is 0. The first-order valence-electron chi connectivity index (χ1n) is 43.7. The molecule has 0 aromatic rings. The van der Waals surface area contributed by atoms with Crippen molar-refractivity contribution in [1.82, 2.24) is 36.0 Å². The van der Waals surface area contributed by atoms with E-state index in [1.807, 2.05) is 0 Å². The summed E-state index contributed by atoms with van der Waals surface area (Å²) >= 11 is 0. The minimum absolute atomic E-state index is 0.0614. The summed E-state index contributed by atoms with van der Waals surface area (Å²) in [7, 11) is 0. The summed E-state index contributed by atoms with van der Waals surface area (Å²) in [5, 5.41) is 36.4. The molecule has 2 atom stereocenters. The van der Waals surface area contributed by atoms with Crippen LogP contribution in [0.3, 0.4) is 0 Å². The molecule has 0 aliphatic heterocycles. The Morgan fingerprint density at radius 3 is 0.691 bits per heavy atom. The zero-order valence-electron chi connectivity index (χ0n) is 66.1. The van der Waals surface area contributed by atoms with Crippen LogP contribution in [0.2, 0.25) is 0 Å². The van der Waals surface area contributed by atoms with Gasteiger partial charge in [-0.15, -0.1) is 0 Å². The summed E-state index contributed by atoms with van der Waals surface area (Å²) in [5.74, 6) is 0.219. The molecule has 0 aliphatic carbocycles. The highest BCUT2D eigenvalue weighted by molar-refractivity contribution is 5.77. The van der Waals surface area contributed by atoms with Gasteiger partial charge in [0.1, 0.15) is 0 Å². The van der Waals surface area contributed by atoms with Gasteiger partial charge in [0.2, 0.25) is 17.7 Å². The molecule has 97 heavy (non-hydrogen) atoms. The number of nitrogens with one attached hydrogen (secondary N) is 4. The van der Waals surface area contributed by atoms with Crippen LogP contribution in [-0.2, 0) is 14.4 Å². The summed E-state index contributed by atoms with van der Waals surface area (Å²) in [6.45, 7) is 21.1. The Morgan fingerprint density at radius 1 is 0.237 bits per heavy atom. The van der Waals surface area contributed by atoms with Crippen molar-refractivity contribution in [3.63, 3.8) is 0 Å². The maximum absolute atomic E-state index is 13.3. The first kappa shape index (κ1) is 95.2. The Hall–Kier alpha value is -1.83. The molecule has 0 saturated carbocycles.